The van der Waals surface area contributed by atoms with Gasteiger partial charge in [0.05, 0.1) is 6.04 Å². The number of nitrogens with one attached hydrogen (secondary N) is 2. The van der Waals surface area contributed by atoms with Crippen LogP contribution < -0.4 is 10.6 Å². The lowest BCUT2D eigenvalue weighted by Gasteiger charge is -2.18. The van der Waals surface area contributed by atoms with E-state index in [9.17, 15) is 0 Å². The zero-order valence-electron chi connectivity index (χ0n) is 12.4. The largest absolute Gasteiger partial charge is 0.356 e. The lowest BCUT2D eigenvalue weighted by Crippen LogP contribution is -2.30. The molecule has 0 bridgehead atoms. The zero-order valence-corrected chi connectivity index (χ0v) is 14.0. The third-order valence-electron chi connectivity index (χ3n) is 3.46. The molecule has 4 heteroatoms. The molecule has 0 amide bonds. The van der Waals surface area contributed by atoms with E-state index in [2.05, 4.69) is 49.6 Å². The summed E-state index contributed by atoms with van der Waals surface area (Å²) in [7, 11) is 0. The molecule has 1 unspecified atom stereocenters. The number of hydrogen-bond donors (Lipinski definition) is 2. The molecule has 0 saturated heterocycles. The third-order valence-corrected chi connectivity index (χ3v) is 3.92. The molecule has 0 aromatic heterocycles. The number of halogens is 1. The minimum absolute atomic E-state index is 0.142. The summed E-state index contributed by atoms with van der Waals surface area (Å²) in [5.41, 5.74) is 4.68. The minimum atomic E-state index is 0.142. The van der Waals surface area contributed by atoms with E-state index in [1.165, 1.54) is 16.7 Å². The van der Waals surface area contributed by atoms with Gasteiger partial charge in [0.15, 0.2) is 5.11 Å². The van der Waals surface area contributed by atoms with E-state index in [-0.39, 0.29) is 6.04 Å². The summed E-state index contributed by atoms with van der Waals surface area (Å²) in [6.07, 6.45) is 0. The Balaban J connectivity index is 2.00. The van der Waals surface area contributed by atoms with Gasteiger partial charge < -0.3 is 10.6 Å². The van der Waals surface area contributed by atoms with Gasteiger partial charge in [0, 0.05) is 10.7 Å². The fourth-order valence-corrected chi connectivity index (χ4v) is 2.53. The Bertz CT molecular complexity index is 655. The summed E-state index contributed by atoms with van der Waals surface area (Å²) in [5.74, 6) is 0. The van der Waals surface area contributed by atoms with Crippen LogP contribution in [-0.4, -0.2) is 5.11 Å². The Morgan fingerprint density at radius 3 is 2.52 bits per heavy atom. The Morgan fingerprint density at radius 1 is 1.10 bits per heavy atom. The van der Waals surface area contributed by atoms with Gasteiger partial charge in [0.25, 0.3) is 0 Å². The average Bonchev–Trinajstić information content (AvgIpc) is 2.41. The van der Waals surface area contributed by atoms with Gasteiger partial charge in [-0.25, -0.2) is 0 Å². The van der Waals surface area contributed by atoms with Crippen molar-refractivity contribution in [3.8, 4) is 0 Å². The second kappa shape index (κ2) is 6.92. The summed E-state index contributed by atoms with van der Waals surface area (Å²) < 4.78 is 0. The van der Waals surface area contributed by atoms with Crippen LogP contribution in [0.2, 0.25) is 5.02 Å². The fourth-order valence-electron chi connectivity index (χ4n) is 2.05. The second-order valence-corrected chi connectivity index (χ2v) is 6.02. The van der Waals surface area contributed by atoms with Gasteiger partial charge in [0.2, 0.25) is 0 Å². The smallest absolute Gasteiger partial charge is 0.171 e. The molecule has 110 valence electrons. The van der Waals surface area contributed by atoms with Crippen molar-refractivity contribution in [2.24, 2.45) is 0 Å². The van der Waals surface area contributed by atoms with Crippen LogP contribution >= 0.6 is 23.8 Å². The molecule has 0 radical (unpaired) electrons. The van der Waals surface area contributed by atoms with Crippen molar-refractivity contribution < 1.29 is 0 Å². The quantitative estimate of drug-likeness (QED) is 0.778. The number of anilines is 1. The van der Waals surface area contributed by atoms with Gasteiger partial charge in [-0.05, 0) is 67.9 Å². The van der Waals surface area contributed by atoms with E-state index in [1.807, 2.05) is 24.3 Å². The first-order valence-electron chi connectivity index (χ1n) is 6.86. The van der Waals surface area contributed by atoms with Gasteiger partial charge in [-0.2, -0.15) is 0 Å². The highest BCUT2D eigenvalue weighted by Crippen LogP contribution is 2.18. The van der Waals surface area contributed by atoms with Gasteiger partial charge in [-0.1, -0.05) is 35.9 Å². The molecule has 0 fully saturated rings. The first kappa shape index (κ1) is 15.8. The van der Waals surface area contributed by atoms with E-state index >= 15 is 0 Å². The fraction of sp³-hybridized carbons (Fsp3) is 0.235. The molecule has 0 aliphatic heterocycles. The molecule has 2 aromatic rings. The number of rotatable bonds is 3. The van der Waals surface area contributed by atoms with E-state index in [4.69, 9.17) is 23.8 Å². The molecule has 2 aromatic carbocycles. The highest BCUT2D eigenvalue weighted by atomic mass is 35.5. The topological polar surface area (TPSA) is 24.1 Å². The predicted molar refractivity (Wildman–Crippen MR) is 95.1 cm³/mol. The molecule has 2 nitrogen and oxygen atoms in total. The first-order valence-corrected chi connectivity index (χ1v) is 7.64. The molecule has 2 N–H and O–H groups in total. The molecular formula is C17H19ClN2S. The highest BCUT2D eigenvalue weighted by molar-refractivity contribution is 7.80. The van der Waals surface area contributed by atoms with Gasteiger partial charge >= 0.3 is 0 Å². The Hall–Kier alpha value is -1.58. The third kappa shape index (κ3) is 4.45. The van der Waals surface area contributed by atoms with Crippen molar-refractivity contribution in [3.05, 3.63) is 64.2 Å². The minimum Gasteiger partial charge on any atom is -0.356 e. The maximum Gasteiger partial charge on any atom is 0.171 e. The van der Waals surface area contributed by atoms with Crippen LogP contribution in [0.1, 0.15) is 29.7 Å². The van der Waals surface area contributed by atoms with Crippen molar-refractivity contribution in [2.45, 2.75) is 26.8 Å². The van der Waals surface area contributed by atoms with Crippen LogP contribution in [0.3, 0.4) is 0 Å². The lowest BCUT2D eigenvalue weighted by atomic mass is 10.0. The van der Waals surface area contributed by atoms with E-state index in [1.54, 1.807) is 0 Å². The van der Waals surface area contributed by atoms with Crippen molar-refractivity contribution >= 4 is 34.6 Å². The molecule has 0 heterocycles. The maximum atomic E-state index is 5.96. The van der Waals surface area contributed by atoms with Crippen LogP contribution in [0.25, 0.3) is 0 Å². The van der Waals surface area contributed by atoms with E-state index < -0.39 is 0 Å². The molecular weight excluding hydrogens is 300 g/mol. The van der Waals surface area contributed by atoms with Crippen molar-refractivity contribution in [3.63, 3.8) is 0 Å². The Morgan fingerprint density at radius 2 is 1.86 bits per heavy atom. The summed E-state index contributed by atoms with van der Waals surface area (Å²) in [6, 6.07) is 14.1. The standard InChI is InChI=1S/C17H19ClN2S/c1-11-7-8-14(9-12(11)2)13(3)19-17(21)20-16-6-4-5-15(18)10-16/h4-10,13H,1-3H3,(H2,19,20,21). The number of thiocarbonyl (C=S) groups is 1. The predicted octanol–water partition coefficient (Wildman–Crippen LogP) is 5.00. The van der Waals surface area contributed by atoms with Crippen molar-refractivity contribution in [1.29, 1.82) is 0 Å². The molecule has 0 saturated carbocycles. The Kier molecular flexibility index (Phi) is 5.21. The zero-order chi connectivity index (χ0) is 15.4. The lowest BCUT2D eigenvalue weighted by molar-refractivity contribution is 0.721. The molecule has 21 heavy (non-hydrogen) atoms. The maximum absolute atomic E-state index is 5.96. The number of benzene rings is 2. The van der Waals surface area contributed by atoms with Crippen molar-refractivity contribution in [1.82, 2.24) is 5.32 Å². The second-order valence-electron chi connectivity index (χ2n) is 5.17. The Labute approximate surface area is 136 Å². The number of aryl methyl sites for hydroxylation is 2. The highest BCUT2D eigenvalue weighted by Gasteiger charge is 2.08. The molecule has 0 spiro atoms. The normalized spacial score (nSPS) is 11.8. The number of hydrogen-bond acceptors (Lipinski definition) is 1. The average molecular weight is 319 g/mol. The SMILES string of the molecule is Cc1ccc(C(C)NC(=S)Nc2cccc(Cl)c2)cc1C. The summed E-state index contributed by atoms with van der Waals surface area (Å²) in [4.78, 5) is 0. The molecule has 1 atom stereocenters. The van der Waals surface area contributed by atoms with E-state index in [0.717, 1.165) is 5.69 Å². The first-order chi connectivity index (χ1) is 9.95. The summed E-state index contributed by atoms with van der Waals surface area (Å²) >= 11 is 11.3. The summed E-state index contributed by atoms with van der Waals surface area (Å²) in [6.45, 7) is 6.33. The van der Waals surface area contributed by atoms with Crippen LogP contribution in [0.4, 0.5) is 5.69 Å². The van der Waals surface area contributed by atoms with Crippen LogP contribution in [0, 0.1) is 13.8 Å². The summed E-state index contributed by atoms with van der Waals surface area (Å²) in [5, 5.41) is 7.70. The molecule has 2 rings (SSSR count). The van der Waals surface area contributed by atoms with Crippen LogP contribution in [-0.2, 0) is 0 Å². The monoisotopic (exact) mass is 318 g/mol. The van der Waals surface area contributed by atoms with Gasteiger partial charge in [-0.3, -0.25) is 0 Å². The van der Waals surface area contributed by atoms with Crippen molar-refractivity contribution in [2.75, 3.05) is 5.32 Å². The van der Waals surface area contributed by atoms with Crippen LogP contribution in [0.5, 0.6) is 0 Å². The van der Waals surface area contributed by atoms with Crippen LogP contribution in [0.15, 0.2) is 42.5 Å². The molecule has 0 aliphatic carbocycles. The van der Waals surface area contributed by atoms with Gasteiger partial charge in [-0.15, -0.1) is 0 Å². The van der Waals surface area contributed by atoms with Gasteiger partial charge in [0.1, 0.15) is 0 Å². The van der Waals surface area contributed by atoms with E-state index in [0.29, 0.717) is 10.1 Å². The molecule has 0 aliphatic rings.